The average Bonchev–Trinajstić information content (AvgIpc) is 3.10. The molecule has 106 valence electrons. The van der Waals surface area contributed by atoms with Gasteiger partial charge in [-0.1, -0.05) is 6.07 Å². The molecule has 4 nitrogen and oxygen atoms in total. The molecule has 2 aliphatic carbocycles. The number of rotatable bonds is 2. The minimum atomic E-state index is -0.0248. The molecule has 0 spiro atoms. The van der Waals surface area contributed by atoms with E-state index in [0.717, 1.165) is 31.4 Å². The number of carbonyl (C=O) groups is 1. The van der Waals surface area contributed by atoms with Crippen molar-refractivity contribution in [3.63, 3.8) is 0 Å². The first-order chi connectivity index (χ1) is 9.74. The maximum atomic E-state index is 12.4. The van der Waals surface area contributed by atoms with E-state index < -0.39 is 0 Å². The third kappa shape index (κ3) is 1.79. The van der Waals surface area contributed by atoms with Gasteiger partial charge in [-0.2, -0.15) is 0 Å². The molecule has 4 unspecified atom stereocenters. The Labute approximate surface area is 118 Å². The Morgan fingerprint density at radius 2 is 2.15 bits per heavy atom. The molecule has 1 saturated carbocycles. The summed E-state index contributed by atoms with van der Waals surface area (Å²) in [6.45, 7) is 0.772. The van der Waals surface area contributed by atoms with Crippen molar-refractivity contribution >= 4 is 5.91 Å². The Kier molecular flexibility index (Phi) is 2.82. The van der Waals surface area contributed by atoms with E-state index in [0.29, 0.717) is 5.92 Å². The van der Waals surface area contributed by atoms with Crippen LogP contribution in [0.4, 0.5) is 0 Å². The first-order valence-corrected chi connectivity index (χ1v) is 7.54. The zero-order chi connectivity index (χ0) is 13.7. The molecule has 2 fully saturated rings. The molecule has 0 radical (unpaired) electrons. The standard InChI is InChI=1S/C16H20N2O2/c17-13-12-6-7-20-15(12)14(13)18-16(19)11-5-4-9-2-1-3-10(9)8-11/h4-5,8,12-15H,1-3,6-7,17H2,(H,18,19). The summed E-state index contributed by atoms with van der Waals surface area (Å²) in [5, 5.41) is 3.06. The number of ether oxygens (including phenoxy) is 1. The van der Waals surface area contributed by atoms with Crippen molar-refractivity contribution < 1.29 is 9.53 Å². The molecule has 4 rings (SSSR count). The van der Waals surface area contributed by atoms with Crippen LogP contribution in [-0.2, 0) is 17.6 Å². The molecule has 0 aromatic heterocycles. The molecule has 1 aliphatic heterocycles. The summed E-state index contributed by atoms with van der Waals surface area (Å²) in [4.78, 5) is 12.4. The minimum Gasteiger partial charge on any atom is -0.376 e. The number of nitrogens with one attached hydrogen (secondary N) is 1. The third-order valence-electron chi connectivity index (χ3n) is 5.10. The number of amides is 1. The normalized spacial score (nSPS) is 34.2. The summed E-state index contributed by atoms with van der Waals surface area (Å²) in [5.74, 6) is 0.412. The van der Waals surface area contributed by atoms with Gasteiger partial charge in [0.1, 0.15) is 0 Å². The van der Waals surface area contributed by atoms with Crippen LogP contribution in [0, 0.1) is 5.92 Å². The second kappa shape index (κ2) is 4.57. The van der Waals surface area contributed by atoms with Crippen LogP contribution in [0.1, 0.15) is 34.3 Å². The minimum absolute atomic E-state index is 0.0194. The van der Waals surface area contributed by atoms with Gasteiger partial charge in [-0.05, 0) is 48.9 Å². The summed E-state index contributed by atoms with van der Waals surface area (Å²) in [6.07, 6.45) is 4.58. The van der Waals surface area contributed by atoms with Crippen molar-refractivity contribution in [2.75, 3.05) is 6.61 Å². The number of carbonyl (C=O) groups excluding carboxylic acids is 1. The van der Waals surface area contributed by atoms with Crippen LogP contribution in [0.15, 0.2) is 18.2 Å². The quantitative estimate of drug-likeness (QED) is 0.845. The Balaban J connectivity index is 1.48. The fourth-order valence-electron chi connectivity index (χ4n) is 3.88. The molecule has 1 aromatic carbocycles. The van der Waals surface area contributed by atoms with Gasteiger partial charge in [-0.15, -0.1) is 0 Å². The first kappa shape index (κ1) is 12.4. The van der Waals surface area contributed by atoms with Gasteiger partial charge in [0.15, 0.2) is 0 Å². The van der Waals surface area contributed by atoms with Crippen LogP contribution in [0.2, 0.25) is 0 Å². The van der Waals surface area contributed by atoms with Crippen LogP contribution in [0.25, 0.3) is 0 Å². The van der Waals surface area contributed by atoms with Gasteiger partial charge in [-0.3, -0.25) is 4.79 Å². The van der Waals surface area contributed by atoms with Crippen molar-refractivity contribution in [1.29, 1.82) is 0 Å². The number of benzene rings is 1. The zero-order valence-corrected chi connectivity index (χ0v) is 11.5. The SMILES string of the molecule is NC1C2CCOC2C1NC(=O)c1ccc2c(c1)CCC2. The summed E-state index contributed by atoms with van der Waals surface area (Å²) in [7, 11) is 0. The summed E-state index contributed by atoms with van der Waals surface area (Å²) >= 11 is 0. The molecule has 4 heteroatoms. The number of fused-ring (bicyclic) bond motifs is 2. The van der Waals surface area contributed by atoms with E-state index in [-0.39, 0.29) is 24.1 Å². The number of aryl methyl sites for hydroxylation is 2. The molecule has 1 aromatic rings. The van der Waals surface area contributed by atoms with Crippen molar-refractivity contribution in [2.24, 2.45) is 11.7 Å². The Morgan fingerprint density at radius 1 is 1.30 bits per heavy atom. The van der Waals surface area contributed by atoms with Gasteiger partial charge in [0.2, 0.25) is 0 Å². The molecule has 1 saturated heterocycles. The molecule has 0 bridgehead atoms. The lowest BCUT2D eigenvalue weighted by Crippen LogP contribution is -2.68. The highest BCUT2D eigenvalue weighted by atomic mass is 16.5. The van der Waals surface area contributed by atoms with E-state index in [1.807, 2.05) is 12.1 Å². The van der Waals surface area contributed by atoms with Crippen molar-refractivity contribution in [3.05, 3.63) is 34.9 Å². The zero-order valence-electron chi connectivity index (χ0n) is 11.5. The number of hydrogen-bond donors (Lipinski definition) is 2. The highest BCUT2D eigenvalue weighted by Crippen LogP contribution is 2.37. The third-order valence-corrected chi connectivity index (χ3v) is 5.10. The first-order valence-electron chi connectivity index (χ1n) is 7.54. The molecule has 3 N–H and O–H groups in total. The number of nitrogens with two attached hydrogens (primary N) is 1. The Bertz CT molecular complexity index is 557. The van der Waals surface area contributed by atoms with Gasteiger partial charge < -0.3 is 15.8 Å². The highest BCUT2D eigenvalue weighted by Gasteiger charge is 2.52. The van der Waals surface area contributed by atoms with Gasteiger partial charge >= 0.3 is 0 Å². The number of hydrogen-bond acceptors (Lipinski definition) is 3. The fraction of sp³-hybridized carbons (Fsp3) is 0.562. The van der Waals surface area contributed by atoms with Crippen LogP contribution >= 0.6 is 0 Å². The van der Waals surface area contributed by atoms with E-state index in [2.05, 4.69) is 11.4 Å². The van der Waals surface area contributed by atoms with E-state index in [4.69, 9.17) is 10.5 Å². The largest absolute Gasteiger partial charge is 0.376 e. The van der Waals surface area contributed by atoms with Crippen LogP contribution in [-0.4, -0.2) is 30.7 Å². The van der Waals surface area contributed by atoms with Gasteiger partial charge in [0, 0.05) is 24.1 Å². The second-order valence-electron chi connectivity index (χ2n) is 6.20. The van der Waals surface area contributed by atoms with Gasteiger partial charge in [0.05, 0.1) is 12.1 Å². The maximum Gasteiger partial charge on any atom is 0.251 e. The van der Waals surface area contributed by atoms with Gasteiger partial charge in [0.25, 0.3) is 5.91 Å². The summed E-state index contributed by atoms with van der Waals surface area (Å²) < 4.78 is 5.65. The Hall–Kier alpha value is -1.39. The van der Waals surface area contributed by atoms with Crippen molar-refractivity contribution in [1.82, 2.24) is 5.32 Å². The summed E-state index contributed by atoms with van der Waals surface area (Å²) in [6, 6.07) is 6.07. The van der Waals surface area contributed by atoms with Crippen molar-refractivity contribution in [2.45, 2.75) is 43.9 Å². The second-order valence-corrected chi connectivity index (χ2v) is 6.20. The van der Waals surface area contributed by atoms with E-state index >= 15 is 0 Å². The topological polar surface area (TPSA) is 64.3 Å². The smallest absolute Gasteiger partial charge is 0.251 e. The highest BCUT2D eigenvalue weighted by molar-refractivity contribution is 5.95. The molecule has 1 amide bonds. The summed E-state index contributed by atoms with van der Waals surface area (Å²) in [5.41, 5.74) is 9.59. The molecule has 3 aliphatic rings. The monoisotopic (exact) mass is 272 g/mol. The lowest BCUT2D eigenvalue weighted by Gasteiger charge is -2.45. The maximum absolute atomic E-state index is 12.4. The van der Waals surface area contributed by atoms with Crippen molar-refractivity contribution in [3.8, 4) is 0 Å². The van der Waals surface area contributed by atoms with Crippen LogP contribution < -0.4 is 11.1 Å². The van der Waals surface area contributed by atoms with E-state index in [1.54, 1.807) is 0 Å². The predicted molar refractivity (Wildman–Crippen MR) is 75.5 cm³/mol. The van der Waals surface area contributed by atoms with Crippen LogP contribution in [0.3, 0.4) is 0 Å². The Morgan fingerprint density at radius 3 is 3.05 bits per heavy atom. The molecule has 1 heterocycles. The van der Waals surface area contributed by atoms with Crippen LogP contribution in [0.5, 0.6) is 0 Å². The molecule has 20 heavy (non-hydrogen) atoms. The van der Waals surface area contributed by atoms with Gasteiger partial charge in [-0.25, -0.2) is 0 Å². The molecular formula is C16H20N2O2. The molecular weight excluding hydrogens is 252 g/mol. The fourth-order valence-corrected chi connectivity index (χ4v) is 3.88. The average molecular weight is 272 g/mol. The predicted octanol–water partition coefficient (Wildman–Crippen LogP) is 1.02. The molecule has 4 atom stereocenters. The lowest BCUT2D eigenvalue weighted by molar-refractivity contribution is -0.0161. The van der Waals surface area contributed by atoms with E-state index in [9.17, 15) is 4.79 Å². The lowest BCUT2D eigenvalue weighted by atomic mass is 9.72. The van der Waals surface area contributed by atoms with E-state index in [1.165, 1.54) is 17.5 Å².